The van der Waals surface area contributed by atoms with Crippen molar-refractivity contribution in [1.82, 2.24) is 0 Å². The van der Waals surface area contributed by atoms with Gasteiger partial charge in [-0.05, 0) is 24.7 Å². The van der Waals surface area contributed by atoms with Crippen LogP contribution in [0.3, 0.4) is 0 Å². The second kappa shape index (κ2) is 10.8. The molecule has 2 saturated carbocycles. The van der Waals surface area contributed by atoms with Crippen LogP contribution in [0.1, 0.15) is 38.5 Å². The molecule has 0 spiro atoms. The Morgan fingerprint density at radius 2 is 1.19 bits per heavy atom. The Morgan fingerprint density at radius 1 is 0.762 bits per heavy atom. The van der Waals surface area contributed by atoms with E-state index in [0.717, 1.165) is 11.8 Å². The quantitative estimate of drug-likeness (QED) is 0.457. The Balaban J connectivity index is 0.000000333. The third-order valence-electron chi connectivity index (χ3n) is 4.42. The first-order valence-corrected chi connectivity index (χ1v) is 7.33. The van der Waals surface area contributed by atoms with E-state index in [4.69, 9.17) is 0 Å². The molecule has 4 aliphatic carbocycles. The van der Waals surface area contributed by atoms with Gasteiger partial charge in [0, 0.05) is 0 Å². The largest absolute Gasteiger partial charge is 4.00 e. The monoisotopic (exact) mass is 398 g/mol. The van der Waals surface area contributed by atoms with Gasteiger partial charge in [0.25, 0.3) is 0 Å². The van der Waals surface area contributed by atoms with Crippen molar-refractivity contribution < 1.29 is 51.0 Å². The molecule has 112 valence electrons. The molecule has 0 aromatic heterocycles. The van der Waals surface area contributed by atoms with Gasteiger partial charge in [0.15, 0.2) is 0 Å². The van der Waals surface area contributed by atoms with E-state index in [1.165, 1.54) is 38.5 Å². The van der Waals surface area contributed by atoms with Crippen molar-refractivity contribution in [1.29, 1.82) is 0 Å². The third-order valence-corrected chi connectivity index (χ3v) is 4.42. The molecule has 0 bridgehead atoms. The van der Waals surface area contributed by atoms with Crippen molar-refractivity contribution in [2.45, 2.75) is 38.5 Å². The van der Waals surface area contributed by atoms with Gasteiger partial charge in [0.05, 0.1) is 0 Å². The molecular weight excluding hydrogens is 378 g/mol. The second-order valence-electron chi connectivity index (χ2n) is 5.62. The molecular formula is C18H22Cl2Zr. The van der Waals surface area contributed by atoms with Crippen LogP contribution in [0.25, 0.3) is 0 Å². The molecule has 4 rings (SSSR count). The van der Waals surface area contributed by atoms with Crippen LogP contribution in [0.2, 0.25) is 0 Å². The first-order chi connectivity index (χ1) is 8.93. The van der Waals surface area contributed by atoms with E-state index in [-0.39, 0.29) is 51.0 Å². The van der Waals surface area contributed by atoms with Gasteiger partial charge in [-0.3, -0.25) is 0 Å². The summed E-state index contributed by atoms with van der Waals surface area (Å²) in [5.74, 6) is 1.77. The van der Waals surface area contributed by atoms with E-state index in [1.807, 2.05) is 0 Å². The molecule has 0 heterocycles. The van der Waals surface area contributed by atoms with Crippen LogP contribution in [-0.2, 0) is 26.2 Å². The summed E-state index contributed by atoms with van der Waals surface area (Å²) >= 11 is 0. The summed E-state index contributed by atoms with van der Waals surface area (Å²) in [6.07, 6.45) is 26.1. The van der Waals surface area contributed by atoms with Crippen LogP contribution in [0.4, 0.5) is 0 Å². The molecule has 0 nitrogen and oxygen atoms in total. The van der Waals surface area contributed by atoms with Crippen molar-refractivity contribution in [2.24, 2.45) is 11.8 Å². The van der Waals surface area contributed by atoms with Gasteiger partial charge in [-0.25, -0.2) is 36.1 Å². The number of hydrogen-bond acceptors (Lipinski definition) is 0. The van der Waals surface area contributed by atoms with Gasteiger partial charge in [-0.2, -0.15) is 0 Å². The molecule has 0 aliphatic heterocycles. The van der Waals surface area contributed by atoms with E-state index in [2.05, 4.69) is 49.3 Å². The molecule has 0 amide bonds. The first kappa shape index (κ1) is 21.2. The fourth-order valence-electron chi connectivity index (χ4n) is 3.33. The summed E-state index contributed by atoms with van der Waals surface area (Å²) in [6, 6.07) is 0. The van der Waals surface area contributed by atoms with E-state index >= 15 is 0 Å². The maximum absolute atomic E-state index is 2.37. The Kier molecular flexibility index (Phi) is 10.9. The van der Waals surface area contributed by atoms with Crippen LogP contribution in [-0.4, -0.2) is 0 Å². The molecule has 3 heteroatoms. The molecule has 0 aromatic carbocycles. The first-order valence-electron chi connectivity index (χ1n) is 7.33. The molecule has 0 aromatic rings. The standard InChI is InChI=1S/2C9H11.2ClH.Zr/c2*1-2-5-9-7-3-6-8(9)4-1;;;/h2*1-2,4,6,9H,3,5,7H2;2*1H;/q2*-1;;;+4/p-2. The smallest absolute Gasteiger partial charge is 1.00 e. The van der Waals surface area contributed by atoms with Crippen LogP contribution < -0.4 is 24.8 Å². The summed E-state index contributed by atoms with van der Waals surface area (Å²) in [5.41, 5.74) is 3.16. The number of allylic oxidation sites excluding steroid dienone is 8. The summed E-state index contributed by atoms with van der Waals surface area (Å²) in [6.45, 7) is 0. The zero-order chi connectivity index (χ0) is 12.2. The van der Waals surface area contributed by atoms with Gasteiger partial charge in [-0.15, -0.1) is 37.1 Å². The minimum absolute atomic E-state index is 0. The molecule has 0 N–H and O–H groups in total. The summed E-state index contributed by atoms with van der Waals surface area (Å²) in [7, 11) is 0. The second-order valence-corrected chi connectivity index (χ2v) is 5.62. The SMILES string of the molecule is C1=CCC2CC[CH-]C2=C1.C1=CCC2CC[CH-]C2=C1.[Cl-].[Cl-].[Zr+4]. The van der Waals surface area contributed by atoms with E-state index in [9.17, 15) is 0 Å². The maximum atomic E-state index is 2.37. The number of fused-ring (bicyclic) bond motifs is 2. The average molecular weight is 401 g/mol. The summed E-state index contributed by atoms with van der Waals surface area (Å²) < 4.78 is 0. The minimum atomic E-state index is 0. The van der Waals surface area contributed by atoms with Crippen LogP contribution in [0.15, 0.2) is 47.6 Å². The van der Waals surface area contributed by atoms with Crippen molar-refractivity contribution in [3.05, 3.63) is 60.4 Å². The minimum Gasteiger partial charge on any atom is -1.00 e. The Bertz CT molecular complexity index is 381. The van der Waals surface area contributed by atoms with Crippen molar-refractivity contribution in [2.75, 3.05) is 0 Å². The third kappa shape index (κ3) is 5.70. The number of halogens is 2. The van der Waals surface area contributed by atoms with Crippen LogP contribution in [0, 0.1) is 24.7 Å². The molecule has 2 atom stereocenters. The van der Waals surface area contributed by atoms with E-state index in [1.54, 1.807) is 11.1 Å². The normalized spacial score (nSPS) is 26.7. The summed E-state index contributed by atoms with van der Waals surface area (Å²) in [4.78, 5) is 0. The van der Waals surface area contributed by atoms with Crippen molar-refractivity contribution in [3.8, 4) is 0 Å². The zero-order valence-corrected chi connectivity index (χ0v) is 16.2. The Morgan fingerprint density at radius 3 is 1.57 bits per heavy atom. The van der Waals surface area contributed by atoms with Crippen LogP contribution in [0.5, 0.6) is 0 Å². The van der Waals surface area contributed by atoms with E-state index < -0.39 is 0 Å². The zero-order valence-electron chi connectivity index (χ0n) is 12.3. The Labute approximate surface area is 161 Å². The van der Waals surface area contributed by atoms with Gasteiger partial charge in [0.1, 0.15) is 0 Å². The number of hydrogen-bond donors (Lipinski definition) is 0. The molecule has 2 fully saturated rings. The van der Waals surface area contributed by atoms with Crippen molar-refractivity contribution in [3.63, 3.8) is 0 Å². The fraction of sp³-hybridized carbons (Fsp3) is 0.444. The topological polar surface area (TPSA) is 0 Å². The predicted octanol–water partition coefficient (Wildman–Crippen LogP) is -1.02. The van der Waals surface area contributed by atoms with Gasteiger partial charge in [-0.1, -0.05) is 12.8 Å². The number of rotatable bonds is 0. The maximum Gasteiger partial charge on any atom is 4.00 e. The van der Waals surface area contributed by atoms with Crippen LogP contribution >= 0.6 is 0 Å². The fourth-order valence-corrected chi connectivity index (χ4v) is 3.33. The molecule has 21 heavy (non-hydrogen) atoms. The Hall–Kier alpha value is 0.163. The van der Waals surface area contributed by atoms with Gasteiger partial charge < -0.3 is 24.8 Å². The molecule has 0 saturated heterocycles. The van der Waals surface area contributed by atoms with Gasteiger partial charge in [0.2, 0.25) is 0 Å². The van der Waals surface area contributed by atoms with E-state index in [0.29, 0.717) is 0 Å². The van der Waals surface area contributed by atoms with Gasteiger partial charge >= 0.3 is 26.2 Å². The molecule has 2 unspecified atom stereocenters. The predicted molar refractivity (Wildman–Crippen MR) is 77.7 cm³/mol. The molecule has 0 radical (unpaired) electrons. The van der Waals surface area contributed by atoms with Crippen molar-refractivity contribution >= 4 is 0 Å². The summed E-state index contributed by atoms with van der Waals surface area (Å²) in [5, 5.41) is 0. The average Bonchev–Trinajstić information content (AvgIpc) is 3.08. The molecule has 4 aliphatic rings.